The monoisotopic (exact) mass is 276 g/mol. The molecule has 5 heteroatoms. The highest BCUT2D eigenvalue weighted by atomic mass is 28.4. The van der Waals surface area contributed by atoms with Crippen molar-refractivity contribution in [3.8, 4) is 0 Å². The summed E-state index contributed by atoms with van der Waals surface area (Å²) >= 11 is 0. The molecule has 0 fully saturated rings. The van der Waals surface area contributed by atoms with Gasteiger partial charge in [0.15, 0.2) is 0 Å². The summed E-state index contributed by atoms with van der Waals surface area (Å²) in [5.74, 6) is 0.563. The van der Waals surface area contributed by atoms with Gasteiger partial charge in [0.2, 0.25) is 0 Å². The third kappa shape index (κ3) is 7.48. The molecule has 0 spiro atoms. The Kier molecular flexibility index (Phi) is 9.95. The minimum absolute atomic E-state index is 0.212. The largest absolute Gasteiger partial charge is 0.394 e. The molecule has 3 N–H and O–H groups in total. The summed E-state index contributed by atoms with van der Waals surface area (Å²) in [7, 11) is -1.98. The maximum absolute atomic E-state index is 5.98. The zero-order chi connectivity index (χ0) is 14.0. The van der Waals surface area contributed by atoms with E-state index in [1.54, 1.807) is 0 Å². The highest BCUT2D eigenvalue weighted by Gasteiger charge is 2.36. The van der Waals surface area contributed by atoms with Crippen LogP contribution in [0.25, 0.3) is 0 Å². The lowest BCUT2D eigenvalue weighted by Crippen LogP contribution is -2.44. The number of nitrogens with one attached hydrogen (secondary N) is 1. The summed E-state index contributed by atoms with van der Waals surface area (Å²) in [6.07, 6.45) is 0. The van der Waals surface area contributed by atoms with E-state index in [0.29, 0.717) is 5.92 Å². The van der Waals surface area contributed by atoms with Crippen LogP contribution in [0.1, 0.15) is 34.6 Å². The van der Waals surface area contributed by atoms with Crippen LogP contribution < -0.4 is 11.1 Å². The second kappa shape index (κ2) is 9.92. The number of nitrogens with two attached hydrogens (primary N) is 1. The average molecular weight is 276 g/mol. The van der Waals surface area contributed by atoms with E-state index < -0.39 is 8.56 Å². The van der Waals surface area contributed by atoms with Gasteiger partial charge in [-0.05, 0) is 45.3 Å². The minimum Gasteiger partial charge on any atom is -0.394 e. The molecule has 0 aromatic heterocycles. The first-order chi connectivity index (χ1) is 8.49. The van der Waals surface area contributed by atoms with Crippen molar-refractivity contribution in [2.45, 2.75) is 52.7 Å². The zero-order valence-electron chi connectivity index (χ0n) is 12.8. The molecule has 0 aromatic carbocycles. The third-order valence-electron chi connectivity index (χ3n) is 2.97. The summed E-state index contributed by atoms with van der Waals surface area (Å²) in [4.78, 5) is 0. The SMILES string of the molecule is CCO[Si](CC)(CC(C)CNCC(C)N)OCC. The highest BCUT2D eigenvalue weighted by Crippen LogP contribution is 2.23. The lowest BCUT2D eigenvalue weighted by atomic mass is 10.2. The van der Waals surface area contributed by atoms with Gasteiger partial charge in [0.05, 0.1) is 0 Å². The van der Waals surface area contributed by atoms with Crippen molar-refractivity contribution in [2.75, 3.05) is 26.3 Å². The van der Waals surface area contributed by atoms with Gasteiger partial charge < -0.3 is 19.9 Å². The molecule has 110 valence electrons. The van der Waals surface area contributed by atoms with Gasteiger partial charge in [-0.15, -0.1) is 0 Å². The van der Waals surface area contributed by atoms with Crippen molar-refractivity contribution in [2.24, 2.45) is 11.7 Å². The number of hydrogen-bond donors (Lipinski definition) is 2. The number of hydrogen-bond acceptors (Lipinski definition) is 4. The average Bonchev–Trinajstić information content (AvgIpc) is 2.29. The van der Waals surface area contributed by atoms with Crippen molar-refractivity contribution < 1.29 is 8.85 Å². The van der Waals surface area contributed by atoms with E-state index in [4.69, 9.17) is 14.6 Å². The van der Waals surface area contributed by atoms with Crippen molar-refractivity contribution in [3.63, 3.8) is 0 Å². The smallest absolute Gasteiger partial charge is 0.338 e. The Balaban J connectivity index is 4.20. The first-order valence-electron chi connectivity index (χ1n) is 7.23. The molecule has 0 saturated carbocycles. The molecule has 2 atom stereocenters. The molecule has 0 aliphatic heterocycles. The van der Waals surface area contributed by atoms with Gasteiger partial charge in [0, 0.05) is 25.8 Å². The van der Waals surface area contributed by atoms with Gasteiger partial charge in [0.25, 0.3) is 0 Å². The first kappa shape index (κ1) is 18.1. The summed E-state index contributed by atoms with van der Waals surface area (Å²) in [5, 5.41) is 3.40. The number of rotatable bonds is 11. The van der Waals surface area contributed by atoms with Gasteiger partial charge >= 0.3 is 8.56 Å². The summed E-state index contributed by atoms with van der Waals surface area (Å²) in [5.41, 5.74) is 5.72. The quantitative estimate of drug-likeness (QED) is 0.567. The predicted octanol–water partition coefficient (Wildman–Crippen LogP) is 2.09. The Morgan fingerprint density at radius 2 is 1.61 bits per heavy atom. The van der Waals surface area contributed by atoms with Crippen LogP contribution in [0, 0.1) is 5.92 Å². The normalized spacial score (nSPS) is 15.7. The van der Waals surface area contributed by atoms with Gasteiger partial charge in [-0.25, -0.2) is 0 Å². The van der Waals surface area contributed by atoms with Crippen LogP contribution in [-0.4, -0.2) is 40.9 Å². The van der Waals surface area contributed by atoms with Crippen LogP contribution in [0.3, 0.4) is 0 Å². The first-order valence-corrected chi connectivity index (χ1v) is 9.46. The van der Waals surface area contributed by atoms with Gasteiger partial charge in [-0.1, -0.05) is 13.8 Å². The standard InChI is InChI=1S/C13H32N2O2Si/c1-6-16-18(8-3,17-7-2)11-12(4)9-15-10-13(5)14/h12-13,15H,6-11,14H2,1-5H3. The highest BCUT2D eigenvalue weighted by molar-refractivity contribution is 6.67. The van der Waals surface area contributed by atoms with E-state index in [1.165, 1.54) is 0 Å². The van der Waals surface area contributed by atoms with Crippen LogP contribution in [0.4, 0.5) is 0 Å². The second-order valence-corrected chi connectivity index (χ2v) is 8.59. The zero-order valence-corrected chi connectivity index (χ0v) is 13.8. The van der Waals surface area contributed by atoms with Crippen LogP contribution in [0.15, 0.2) is 0 Å². The maximum Gasteiger partial charge on any atom is 0.338 e. The topological polar surface area (TPSA) is 56.5 Å². The maximum atomic E-state index is 5.98. The van der Waals surface area contributed by atoms with E-state index >= 15 is 0 Å². The van der Waals surface area contributed by atoms with E-state index in [2.05, 4.69) is 33.0 Å². The molecule has 0 saturated heterocycles. The molecule has 0 heterocycles. The molecule has 0 amide bonds. The van der Waals surface area contributed by atoms with Crippen LogP contribution in [0.2, 0.25) is 12.1 Å². The molecule has 0 rings (SSSR count). The van der Waals surface area contributed by atoms with Crippen molar-refractivity contribution in [1.29, 1.82) is 0 Å². The Morgan fingerprint density at radius 3 is 2.00 bits per heavy atom. The fraction of sp³-hybridized carbons (Fsp3) is 1.00. The van der Waals surface area contributed by atoms with E-state index in [0.717, 1.165) is 38.4 Å². The predicted molar refractivity (Wildman–Crippen MR) is 80.0 cm³/mol. The Hall–Kier alpha value is 0.0569. The van der Waals surface area contributed by atoms with Crippen LogP contribution in [0.5, 0.6) is 0 Å². The van der Waals surface area contributed by atoms with Crippen LogP contribution in [-0.2, 0) is 8.85 Å². The Labute approximate surface area is 114 Å². The van der Waals surface area contributed by atoms with Crippen molar-refractivity contribution in [1.82, 2.24) is 5.32 Å². The summed E-state index contributed by atoms with van der Waals surface area (Å²) in [6, 6.07) is 2.29. The van der Waals surface area contributed by atoms with Gasteiger partial charge in [0.1, 0.15) is 0 Å². The Morgan fingerprint density at radius 1 is 1.06 bits per heavy atom. The molecule has 0 bridgehead atoms. The van der Waals surface area contributed by atoms with E-state index in [-0.39, 0.29) is 6.04 Å². The summed E-state index contributed by atoms with van der Waals surface area (Å²) < 4.78 is 12.0. The van der Waals surface area contributed by atoms with E-state index in [1.807, 2.05) is 6.92 Å². The Bertz CT molecular complexity index is 197. The van der Waals surface area contributed by atoms with Crippen LogP contribution >= 0.6 is 0 Å². The molecule has 0 aromatic rings. The van der Waals surface area contributed by atoms with Crippen molar-refractivity contribution >= 4 is 8.56 Å². The summed E-state index contributed by atoms with van der Waals surface area (Å²) in [6.45, 7) is 13.9. The lowest BCUT2D eigenvalue weighted by molar-refractivity contribution is 0.178. The molecule has 0 aliphatic rings. The molecular weight excluding hydrogens is 244 g/mol. The lowest BCUT2D eigenvalue weighted by Gasteiger charge is -2.31. The molecule has 0 aliphatic carbocycles. The molecular formula is C13H32N2O2Si. The fourth-order valence-electron chi connectivity index (χ4n) is 2.19. The van der Waals surface area contributed by atoms with Crippen molar-refractivity contribution in [3.05, 3.63) is 0 Å². The third-order valence-corrected chi connectivity index (χ3v) is 7.00. The second-order valence-electron chi connectivity index (χ2n) is 5.08. The van der Waals surface area contributed by atoms with Gasteiger partial charge in [-0.2, -0.15) is 0 Å². The fourth-order valence-corrected chi connectivity index (χ4v) is 5.47. The minimum atomic E-state index is -1.98. The van der Waals surface area contributed by atoms with Gasteiger partial charge in [-0.3, -0.25) is 0 Å². The molecule has 18 heavy (non-hydrogen) atoms. The molecule has 0 radical (unpaired) electrons. The molecule has 4 nitrogen and oxygen atoms in total. The molecule has 2 unspecified atom stereocenters. The van der Waals surface area contributed by atoms with E-state index in [9.17, 15) is 0 Å².